The van der Waals surface area contributed by atoms with Gasteiger partial charge in [0, 0.05) is 17.8 Å². The van der Waals surface area contributed by atoms with Crippen LogP contribution in [-0.4, -0.2) is 46.3 Å². The summed E-state index contributed by atoms with van der Waals surface area (Å²) >= 11 is 3.05. The highest BCUT2D eigenvalue weighted by molar-refractivity contribution is 8.01. The fourth-order valence-electron chi connectivity index (χ4n) is 4.34. The first-order chi connectivity index (χ1) is 14.1. The highest BCUT2D eigenvalue weighted by Crippen LogP contribution is 2.34. The molecule has 0 spiro atoms. The molecule has 2 aliphatic rings. The van der Waals surface area contributed by atoms with E-state index in [-0.39, 0.29) is 12.0 Å². The molecular formula is C21H33N3O3S2. The second kappa shape index (κ2) is 11.2. The van der Waals surface area contributed by atoms with Crippen molar-refractivity contribution in [1.29, 1.82) is 0 Å². The van der Waals surface area contributed by atoms with E-state index in [1.807, 2.05) is 6.92 Å². The van der Waals surface area contributed by atoms with Crippen LogP contribution in [0, 0.1) is 5.92 Å². The molecule has 0 saturated heterocycles. The minimum Gasteiger partial charge on any atom is -0.466 e. The average molecular weight is 440 g/mol. The second-order valence-electron chi connectivity index (χ2n) is 8.08. The van der Waals surface area contributed by atoms with E-state index >= 15 is 0 Å². The Balaban J connectivity index is 1.55. The molecule has 2 amide bonds. The highest BCUT2D eigenvalue weighted by atomic mass is 32.2. The smallest absolute Gasteiger partial charge is 0.324 e. The van der Waals surface area contributed by atoms with Crippen LogP contribution >= 0.6 is 23.1 Å². The molecular weight excluding hydrogens is 406 g/mol. The lowest BCUT2D eigenvalue weighted by molar-refractivity contribution is -0.142. The van der Waals surface area contributed by atoms with E-state index in [1.165, 1.54) is 37.0 Å². The highest BCUT2D eigenvalue weighted by Gasteiger charge is 2.34. The van der Waals surface area contributed by atoms with Gasteiger partial charge in [-0.15, -0.1) is 11.8 Å². The van der Waals surface area contributed by atoms with Gasteiger partial charge in [-0.05, 0) is 51.4 Å². The minimum absolute atomic E-state index is 0.00822. The molecule has 0 atom stereocenters. The van der Waals surface area contributed by atoms with Crippen molar-refractivity contribution in [2.75, 3.05) is 17.7 Å². The number of aromatic nitrogens is 1. The largest absolute Gasteiger partial charge is 0.466 e. The van der Waals surface area contributed by atoms with Crippen molar-refractivity contribution in [3.8, 4) is 0 Å². The maximum Gasteiger partial charge on any atom is 0.324 e. The van der Waals surface area contributed by atoms with Gasteiger partial charge < -0.3 is 9.64 Å². The van der Waals surface area contributed by atoms with Crippen LogP contribution in [0.1, 0.15) is 71.6 Å². The number of ether oxygens (including phenoxy) is 1. The standard InChI is InChI=1S/C21H33N3O3S2/c1-3-27-18(25)12-13-28-19-14-22-20(29-19)23-21(26)24(16-6-4-5-7-16)17-10-8-15(2)9-11-17/h14-17H,3-13H2,1-2H3,(H,22,23,26)/t15-,17-. The van der Waals surface area contributed by atoms with E-state index in [2.05, 4.69) is 22.1 Å². The summed E-state index contributed by atoms with van der Waals surface area (Å²) < 4.78 is 5.95. The van der Waals surface area contributed by atoms with Crippen LogP contribution < -0.4 is 5.32 Å². The predicted octanol–water partition coefficient (Wildman–Crippen LogP) is 5.54. The van der Waals surface area contributed by atoms with Crippen LogP contribution in [0.15, 0.2) is 10.4 Å². The van der Waals surface area contributed by atoms with Gasteiger partial charge in [0.2, 0.25) is 0 Å². The lowest BCUT2D eigenvalue weighted by Gasteiger charge is -2.39. The van der Waals surface area contributed by atoms with Crippen LogP contribution in [0.25, 0.3) is 0 Å². The summed E-state index contributed by atoms with van der Waals surface area (Å²) in [5, 5.41) is 3.70. The van der Waals surface area contributed by atoms with Crippen molar-refractivity contribution in [3.05, 3.63) is 6.20 Å². The maximum atomic E-state index is 13.2. The number of hydrogen-bond acceptors (Lipinski definition) is 6. The van der Waals surface area contributed by atoms with Crippen molar-refractivity contribution in [1.82, 2.24) is 9.88 Å². The van der Waals surface area contributed by atoms with E-state index < -0.39 is 0 Å². The first-order valence-electron chi connectivity index (χ1n) is 10.9. The summed E-state index contributed by atoms with van der Waals surface area (Å²) in [6, 6.07) is 0.730. The molecule has 6 nitrogen and oxygen atoms in total. The number of amides is 2. The van der Waals surface area contributed by atoms with Crippen LogP contribution in [0.4, 0.5) is 9.93 Å². The van der Waals surface area contributed by atoms with Gasteiger partial charge in [-0.1, -0.05) is 31.1 Å². The Morgan fingerprint density at radius 3 is 2.59 bits per heavy atom. The van der Waals surface area contributed by atoms with Gasteiger partial charge in [-0.25, -0.2) is 9.78 Å². The zero-order valence-electron chi connectivity index (χ0n) is 17.5. The number of nitrogens with zero attached hydrogens (tertiary/aromatic N) is 2. The quantitative estimate of drug-likeness (QED) is 0.425. The zero-order valence-corrected chi connectivity index (χ0v) is 19.2. The molecule has 0 radical (unpaired) electrons. The Morgan fingerprint density at radius 2 is 1.90 bits per heavy atom. The summed E-state index contributed by atoms with van der Waals surface area (Å²) in [5.41, 5.74) is 0. The third kappa shape index (κ3) is 6.60. The van der Waals surface area contributed by atoms with Crippen LogP contribution in [0.2, 0.25) is 0 Å². The Bertz CT molecular complexity index is 668. The number of hydrogen-bond donors (Lipinski definition) is 1. The van der Waals surface area contributed by atoms with E-state index in [9.17, 15) is 9.59 Å². The molecule has 0 unspecified atom stereocenters. The third-order valence-electron chi connectivity index (χ3n) is 5.89. The van der Waals surface area contributed by atoms with Gasteiger partial charge in [0.25, 0.3) is 0 Å². The summed E-state index contributed by atoms with van der Waals surface area (Å²) in [6.07, 6.45) is 11.5. The van der Waals surface area contributed by atoms with Crippen molar-refractivity contribution in [2.24, 2.45) is 5.92 Å². The Morgan fingerprint density at radius 1 is 1.21 bits per heavy atom. The van der Waals surface area contributed by atoms with E-state index in [1.54, 1.807) is 18.0 Å². The molecule has 0 aromatic carbocycles. The summed E-state index contributed by atoms with van der Waals surface area (Å²) in [6.45, 7) is 4.54. The molecule has 2 fully saturated rings. The van der Waals surface area contributed by atoms with Gasteiger partial charge in [-0.3, -0.25) is 10.1 Å². The maximum absolute atomic E-state index is 13.2. The number of anilines is 1. The first kappa shape index (κ1) is 22.4. The Labute approximate surface area is 182 Å². The molecule has 2 saturated carbocycles. The number of esters is 1. The Kier molecular flexibility index (Phi) is 8.66. The number of rotatable bonds is 8. The zero-order chi connectivity index (χ0) is 20.6. The molecule has 8 heteroatoms. The molecule has 0 bridgehead atoms. The topological polar surface area (TPSA) is 71.5 Å². The van der Waals surface area contributed by atoms with Crippen LogP contribution in [-0.2, 0) is 9.53 Å². The molecule has 162 valence electrons. The normalized spacial score (nSPS) is 22.4. The SMILES string of the molecule is CCOC(=O)CCSc1cnc(NC(=O)N(C2CCCC2)[C@H]2CC[C@H](C)CC2)s1. The molecule has 1 aromatic heterocycles. The van der Waals surface area contributed by atoms with Gasteiger partial charge in [-0.2, -0.15) is 0 Å². The first-order valence-corrected chi connectivity index (χ1v) is 12.7. The minimum atomic E-state index is -0.174. The predicted molar refractivity (Wildman–Crippen MR) is 119 cm³/mol. The van der Waals surface area contributed by atoms with Crippen molar-refractivity contribution < 1.29 is 14.3 Å². The summed E-state index contributed by atoms with van der Waals surface area (Å²) in [5.74, 6) is 1.25. The molecule has 2 aliphatic carbocycles. The second-order valence-corrected chi connectivity index (χ2v) is 10.5. The van der Waals surface area contributed by atoms with E-state index in [0.717, 1.165) is 35.8 Å². The molecule has 1 heterocycles. The molecule has 29 heavy (non-hydrogen) atoms. The van der Waals surface area contributed by atoms with Crippen LogP contribution in [0.5, 0.6) is 0 Å². The van der Waals surface area contributed by atoms with Crippen molar-refractivity contribution in [3.63, 3.8) is 0 Å². The fourth-order valence-corrected chi connectivity index (χ4v) is 6.20. The number of nitrogens with one attached hydrogen (secondary N) is 1. The summed E-state index contributed by atoms with van der Waals surface area (Å²) in [4.78, 5) is 31.1. The number of thioether (sulfide) groups is 1. The third-order valence-corrected chi connectivity index (χ3v) is 7.99. The van der Waals surface area contributed by atoms with Gasteiger partial charge >= 0.3 is 12.0 Å². The lowest BCUT2D eigenvalue weighted by atomic mass is 9.86. The van der Waals surface area contributed by atoms with E-state index in [0.29, 0.717) is 36.0 Å². The van der Waals surface area contributed by atoms with Crippen molar-refractivity contribution in [2.45, 2.75) is 87.9 Å². The van der Waals surface area contributed by atoms with Crippen molar-refractivity contribution >= 4 is 40.2 Å². The molecule has 0 aliphatic heterocycles. The number of urea groups is 1. The number of carbonyl (C=O) groups is 2. The van der Waals surface area contributed by atoms with Crippen LogP contribution in [0.3, 0.4) is 0 Å². The van der Waals surface area contributed by atoms with Gasteiger partial charge in [0.1, 0.15) is 0 Å². The van der Waals surface area contributed by atoms with E-state index in [4.69, 9.17) is 4.74 Å². The Hall–Kier alpha value is -1.28. The lowest BCUT2D eigenvalue weighted by Crippen LogP contribution is -2.49. The van der Waals surface area contributed by atoms with Gasteiger partial charge in [0.15, 0.2) is 5.13 Å². The molecule has 3 rings (SSSR count). The number of carbonyl (C=O) groups excluding carboxylic acids is 2. The molecule has 1 aromatic rings. The summed E-state index contributed by atoms with van der Waals surface area (Å²) in [7, 11) is 0. The average Bonchev–Trinajstić information content (AvgIpc) is 3.36. The fraction of sp³-hybridized carbons (Fsp3) is 0.762. The number of thiazole rings is 1. The molecule has 1 N–H and O–H groups in total. The van der Waals surface area contributed by atoms with Gasteiger partial charge in [0.05, 0.1) is 23.4 Å². The monoisotopic (exact) mass is 439 g/mol.